The summed E-state index contributed by atoms with van der Waals surface area (Å²) in [5, 5.41) is 5.48. The van der Waals surface area contributed by atoms with Crippen molar-refractivity contribution in [1.82, 2.24) is 0 Å². The van der Waals surface area contributed by atoms with Crippen molar-refractivity contribution in [1.29, 1.82) is 0 Å². The van der Waals surface area contributed by atoms with Gasteiger partial charge in [-0.2, -0.15) is 0 Å². The first-order chi connectivity index (χ1) is 8.83. The maximum Gasteiger partial charge on any atom is 0.142 e. The van der Waals surface area contributed by atoms with E-state index >= 15 is 0 Å². The summed E-state index contributed by atoms with van der Waals surface area (Å²) in [4.78, 5) is 0. The van der Waals surface area contributed by atoms with Crippen LogP contribution in [-0.4, -0.2) is 13.7 Å². The molecule has 3 heteroatoms. The van der Waals surface area contributed by atoms with E-state index in [0.717, 1.165) is 39.9 Å². The maximum atomic E-state index is 5.84. The molecule has 0 saturated heterocycles. The molecule has 0 unspecified atom stereocenters. The molecule has 1 aromatic heterocycles. The number of anilines is 1. The van der Waals surface area contributed by atoms with Crippen LogP contribution >= 0.6 is 0 Å². The van der Waals surface area contributed by atoms with Crippen molar-refractivity contribution in [3.63, 3.8) is 0 Å². The molecule has 1 N–H and O–H groups in total. The number of fused-ring (bicyclic) bond motifs is 3. The lowest BCUT2D eigenvalue weighted by atomic mass is 10.1. The molecule has 1 heterocycles. The highest BCUT2D eigenvalue weighted by Crippen LogP contribution is 2.36. The van der Waals surface area contributed by atoms with E-state index in [1.807, 2.05) is 30.3 Å². The van der Waals surface area contributed by atoms with Crippen molar-refractivity contribution in [3.8, 4) is 5.75 Å². The molecular weight excluding hydrogens is 226 g/mol. The zero-order chi connectivity index (χ0) is 12.5. The largest absolute Gasteiger partial charge is 0.495 e. The van der Waals surface area contributed by atoms with Crippen LogP contribution in [0.4, 0.5) is 5.69 Å². The normalized spacial score (nSPS) is 11.0. The number of hydrogen-bond acceptors (Lipinski definition) is 3. The average Bonchev–Trinajstić information content (AvgIpc) is 2.75. The van der Waals surface area contributed by atoms with Crippen LogP contribution in [0.15, 0.2) is 40.8 Å². The fourth-order valence-corrected chi connectivity index (χ4v) is 2.25. The summed E-state index contributed by atoms with van der Waals surface area (Å²) in [6.45, 7) is 2.91. The van der Waals surface area contributed by atoms with Crippen LogP contribution in [0.1, 0.15) is 6.92 Å². The first kappa shape index (κ1) is 11.0. The maximum absolute atomic E-state index is 5.84. The standard InChI is InChI=1S/C15H15NO2/c1-3-16-12-9-14-11(8-15(12)17-2)10-6-4-5-7-13(10)18-14/h4-9,16H,3H2,1-2H3. The molecule has 3 nitrogen and oxygen atoms in total. The first-order valence-corrected chi connectivity index (χ1v) is 6.06. The second-order valence-electron chi connectivity index (χ2n) is 4.18. The van der Waals surface area contributed by atoms with Gasteiger partial charge < -0.3 is 14.5 Å². The van der Waals surface area contributed by atoms with Crippen LogP contribution in [-0.2, 0) is 0 Å². The molecule has 0 radical (unpaired) electrons. The molecule has 18 heavy (non-hydrogen) atoms. The number of benzene rings is 2. The number of hydrogen-bond donors (Lipinski definition) is 1. The van der Waals surface area contributed by atoms with E-state index in [4.69, 9.17) is 9.15 Å². The Morgan fingerprint density at radius 1 is 1.11 bits per heavy atom. The van der Waals surface area contributed by atoms with E-state index in [9.17, 15) is 0 Å². The topological polar surface area (TPSA) is 34.4 Å². The van der Waals surface area contributed by atoms with Gasteiger partial charge in [0.15, 0.2) is 0 Å². The van der Waals surface area contributed by atoms with Gasteiger partial charge in [0.1, 0.15) is 16.9 Å². The van der Waals surface area contributed by atoms with Crippen molar-refractivity contribution in [2.24, 2.45) is 0 Å². The number of nitrogens with one attached hydrogen (secondary N) is 1. The van der Waals surface area contributed by atoms with Gasteiger partial charge in [0.2, 0.25) is 0 Å². The Morgan fingerprint density at radius 2 is 1.94 bits per heavy atom. The third-order valence-electron chi connectivity index (χ3n) is 3.07. The zero-order valence-corrected chi connectivity index (χ0v) is 10.5. The minimum atomic E-state index is 0.843. The molecule has 0 aliphatic carbocycles. The van der Waals surface area contributed by atoms with Crippen molar-refractivity contribution < 1.29 is 9.15 Å². The average molecular weight is 241 g/mol. The Labute approximate surface area is 105 Å². The van der Waals surface area contributed by atoms with Gasteiger partial charge in [-0.3, -0.25) is 0 Å². The van der Waals surface area contributed by atoms with E-state index in [0.29, 0.717) is 0 Å². The molecule has 0 aliphatic heterocycles. The first-order valence-electron chi connectivity index (χ1n) is 6.06. The Balaban J connectivity index is 2.32. The second-order valence-corrected chi connectivity index (χ2v) is 4.18. The molecule has 2 aromatic carbocycles. The lowest BCUT2D eigenvalue weighted by molar-refractivity contribution is 0.417. The van der Waals surface area contributed by atoms with Crippen LogP contribution in [0.3, 0.4) is 0 Å². The third-order valence-corrected chi connectivity index (χ3v) is 3.07. The van der Waals surface area contributed by atoms with Gasteiger partial charge in [-0.25, -0.2) is 0 Å². The van der Waals surface area contributed by atoms with Crippen LogP contribution < -0.4 is 10.1 Å². The summed E-state index contributed by atoms with van der Waals surface area (Å²) < 4.78 is 11.3. The summed E-state index contributed by atoms with van der Waals surface area (Å²) >= 11 is 0. The zero-order valence-electron chi connectivity index (χ0n) is 10.5. The lowest BCUT2D eigenvalue weighted by Gasteiger charge is -2.09. The number of furan rings is 1. The predicted molar refractivity (Wildman–Crippen MR) is 74.4 cm³/mol. The Hall–Kier alpha value is -2.16. The fourth-order valence-electron chi connectivity index (χ4n) is 2.25. The fraction of sp³-hybridized carbons (Fsp3) is 0.200. The summed E-state index contributed by atoms with van der Waals surface area (Å²) in [7, 11) is 1.68. The van der Waals surface area contributed by atoms with Gasteiger partial charge in [-0.05, 0) is 19.1 Å². The van der Waals surface area contributed by atoms with Gasteiger partial charge in [-0.15, -0.1) is 0 Å². The van der Waals surface area contributed by atoms with Crippen molar-refractivity contribution in [2.45, 2.75) is 6.92 Å². The molecule has 0 fully saturated rings. The minimum absolute atomic E-state index is 0.843. The van der Waals surface area contributed by atoms with E-state index in [2.05, 4.69) is 18.3 Å². The highest BCUT2D eigenvalue weighted by Gasteiger charge is 2.11. The molecular formula is C15H15NO2. The van der Waals surface area contributed by atoms with Crippen LogP contribution in [0, 0.1) is 0 Å². The van der Waals surface area contributed by atoms with Crippen molar-refractivity contribution in [2.75, 3.05) is 19.0 Å². The van der Waals surface area contributed by atoms with Gasteiger partial charge in [-0.1, -0.05) is 18.2 Å². The second kappa shape index (κ2) is 4.26. The van der Waals surface area contributed by atoms with Gasteiger partial charge in [0.05, 0.1) is 12.8 Å². The van der Waals surface area contributed by atoms with Gasteiger partial charge in [0.25, 0.3) is 0 Å². The smallest absolute Gasteiger partial charge is 0.142 e. The lowest BCUT2D eigenvalue weighted by Crippen LogP contribution is -1.98. The van der Waals surface area contributed by atoms with Crippen LogP contribution in [0.25, 0.3) is 21.9 Å². The molecule has 3 rings (SSSR count). The minimum Gasteiger partial charge on any atom is -0.495 e. The van der Waals surface area contributed by atoms with Crippen molar-refractivity contribution in [3.05, 3.63) is 36.4 Å². The summed E-state index contributed by atoms with van der Waals surface area (Å²) in [6, 6.07) is 12.1. The van der Waals surface area contributed by atoms with E-state index in [1.165, 1.54) is 0 Å². The Morgan fingerprint density at radius 3 is 2.72 bits per heavy atom. The molecule has 0 amide bonds. The molecule has 0 saturated carbocycles. The molecule has 0 atom stereocenters. The molecule has 3 aromatic rings. The van der Waals surface area contributed by atoms with E-state index in [1.54, 1.807) is 7.11 Å². The molecule has 0 aliphatic rings. The molecule has 92 valence electrons. The Kier molecular flexibility index (Phi) is 2.59. The number of para-hydroxylation sites is 1. The van der Waals surface area contributed by atoms with Crippen LogP contribution in [0.5, 0.6) is 5.75 Å². The predicted octanol–water partition coefficient (Wildman–Crippen LogP) is 4.03. The number of ether oxygens (including phenoxy) is 1. The summed E-state index contributed by atoms with van der Waals surface area (Å²) in [5.74, 6) is 0.843. The molecule has 0 spiro atoms. The monoisotopic (exact) mass is 241 g/mol. The highest BCUT2D eigenvalue weighted by molar-refractivity contribution is 6.06. The number of methoxy groups -OCH3 is 1. The van der Waals surface area contributed by atoms with E-state index in [-0.39, 0.29) is 0 Å². The SMILES string of the molecule is CCNc1cc2oc3ccccc3c2cc1OC. The van der Waals surface area contributed by atoms with Gasteiger partial charge in [0, 0.05) is 23.4 Å². The van der Waals surface area contributed by atoms with E-state index < -0.39 is 0 Å². The van der Waals surface area contributed by atoms with Crippen molar-refractivity contribution >= 4 is 27.6 Å². The summed E-state index contributed by atoms with van der Waals surface area (Å²) in [5.41, 5.74) is 2.75. The summed E-state index contributed by atoms with van der Waals surface area (Å²) in [6.07, 6.45) is 0. The Bertz CT molecular complexity index is 700. The highest BCUT2D eigenvalue weighted by atomic mass is 16.5. The molecule has 0 bridgehead atoms. The van der Waals surface area contributed by atoms with Gasteiger partial charge >= 0.3 is 0 Å². The number of rotatable bonds is 3. The third kappa shape index (κ3) is 1.59. The quantitative estimate of drug-likeness (QED) is 0.751. The van der Waals surface area contributed by atoms with Crippen LogP contribution in [0.2, 0.25) is 0 Å².